The second kappa shape index (κ2) is 6.89. The Hall–Kier alpha value is -1.35. The van der Waals surface area contributed by atoms with Gasteiger partial charge in [-0.2, -0.15) is 0 Å². The fraction of sp³-hybridized carbons (Fsp3) is 0.455. The molecule has 0 saturated carbocycles. The van der Waals surface area contributed by atoms with Crippen molar-refractivity contribution in [3.8, 4) is 11.5 Å². The Balaban J connectivity index is 3.05. The highest BCUT2D eigenvalue weighted by Gasteiger charge is 2.19. The normalized spacial score (nSPS) is 11.2. The molecule has 0 aliphatic carbocycles. The Morgan fingerprint density at radius 2 is 2.00 bits per heavy atom. The molecule has 0 saturated heterocycles. The van der Waals surface area contributed by atoms with E-state index in [0.29, 0.717) is 16.6 Å². The Kier molecular flexibility index (Phi) is 5.75. The van der Waals surface area contributed by atoms with E-state index in [1.807, 2.05) is 0 Å². The summed E-state index contributed by atoms with van der Waals surface area (Å²) in [7, 11) is -1.75. The van der Waals surface area contributed by atoms with Crippen LogP contribution in [0.1, 0.15) is 5.56 Å². The Labute approximate surface area is 125 Å². The molecule has 0 bridgehead atoms. The van der Waals surface area contributed by atoms with Gasteiger partial charge in [-0.05, 0) is 6.07 Å². The van der Waals surface area contributed by atoms with Crippen molar-refractivity contribution in [2.24, 2.45) is 0 Å². The predicted octanol–water partition coefficient (Wildman–Crippen LogP) is 1.92. The maximum atomic E-state index is 11.0. The van der Waals surface area contributed by atoms with Crippen LogP contribution in [0.25, 0.3) is 0 Å². The summed E-state index contributed by atoms with van der Waals surface area (Å²) in [6.45, 7) is -0.0972. The molecule has 0 unspecified atom stereocenters. The Morgan fingerprint density at radius 1 is 1.35 bits per heavy atom. The van der Waals surface area contributed by atoms with Crippen LogP contribution in [-0.2, 0) is 15.2 Å². The number of hydrogen-bond acceptors (Lipinski definition) is 6. The maximum absolute atomic E-state index is 11.0. The summed E-state index contributed by atoms with van der Waals surface area (Å²) in [5.74, 6) is 0.288. The van der Waals surface area contributed by atoms with Crippen LogP contribution in [0.5, 0.6) is 11.5 Å². The lowest BCUT2D eigenvalue weighted by molar-refractivity contribution is -0.385. The molecule has 0 fully saturated rings. The molecule has 0 aliphatic heterocycles. The van der Waals surface area contributed by atoms with Crippen molar-refractivity contribution in [3.63, 3.8) is 0 Å². The molecule has 1 aromatic rings. The molecular weight excluding hydrogens is 354 g/mol. The summed E-state index contributed by atoms with van der Waals surface area (Å²) in [5.41, 5.74) is 0.333. The van der Waals surface area contributed by atoms with E-state index in [2.05, 4.69) is 15.9 Å². The average molecular weight is 368 g/mol. The molecule has 0 N–H and O–H groups in total. The Morgan fingerprint density at radius 3 is 2.45 bits per heavy atom. The van der Waals surface area contributed by atoms with Crippen LogP contribution in [0, 0.1) is 10.1 Å². The number of benzene rings is 1. The Bertz CT molecular complexity index is 601. The molecule has 0 heterocycles. The van der Waals surface area contributed by atoms with Crippen molar-refractivity contribution in [2.45, 2.75) is 5.33 Å². The van der Waals surface area contributed by atoms with E-state index in [9.17, 15) is 18.5 Å². The molecule has 1 aromatic carbocycles. The first-order valence-corrected chi connectivity index (χ1v) is 8.68. The summed E-state index contributed by atoms with van der Waals surface area (Å²) >= 11 is 3.16. The standard InChI is InChI=1S/C11H14BrNO6S/c1-18-10-5-8(7-12)9(13(14)15)6-11(10)19-3-4-20(2,16)17/h5-6H,3-4,7H2,1-2H3. The second-order valence-corrected chi connectivity index (χ2v) is 6.82. The minimum Gasteiger partial charge on any atom is -0.493 e. The third-order valence-corrected chi connectivity index (χ3v) is 3.93. The second-order valence-electron chi connectivity index (χ2n) is 4.00. The molecular formula is C11H14BrNO6S. The number of nitro groups is 1. The van der Waals surface area contributed by atoms with E-state index < -0.39 is 14.8 Å². The minimum atomic E-state index is -3.16. The number of ether oxygens (including phenoxy) is 2. The number of alkyl halides is 1. The van der Waals surface area contributed by atoms with Gasteiger partial charge in [0.2, 0.25) is 0 Å². The van der Waals surface area contributed by atoms with Crippen LogP contribution in [0.3, 0.4) is 0 Å². The van der Waals surface area contributed by atoms with Gasteiger partial charge in [0.05, 0.1) is 23.9 Å². The summed E-state index contributed by atoms with van der Waals surface area (Å²) in [6.07, 6.45) is 1.09. The first-order valence-electron chi connectivity index (χ1n) is 5.50. The maximum Gasteiger partial charge on any atom is 0.277 e. The van der Waals surface area contributed by atoms with Crippen molar-refractivity contribution in [1.82, 2.24) is 0 Å². The van der Waals surface area contributed by atoms with Crippen molar-refractivity contribution in [3.05, 3.63) is 27.8 Å². The van der Waals surface area contributed by atoms with Gasteiger partial charge in [-0.3, -0.25) is 10.1 Å². The van der Waals surface area contributed by atoms with Gasteiger partial charge in [0.15, 0.2) is 21.3 Å². The van der Waals surface area contributed by atoms with Gasteiger partial charge in [0, 0.05) is 17.1 Å². The largest absolute Gasteiger partial charge is 0.493 e. The third kappa shape index (κ3) is 4.64. The molecule has 0 radical (unpaired) electrons. The number of nitrogens with zero attached hydrogens (tertiary/aromatic N) is 1. The number of methoxy groups -OCH3 is 1. The van der Waals surface area contributed by atoms with Crippen LogP contribution in [-0.4, -0.2) is 39.1 Å². The number of sulfone groups is 1. The average Bonchev–Trinajstić information content (AvgIpc) is 2.36. The van der Waals surface area contributed by atoms with E-state index in [-0.39, 0.29) is 23.8 Å². The van der Waals surface area contributed by atoms with Crippen LogP contribution in [0.4, 0.5) is 5.69 Å². The zero-order valence-corrected chi connectivity index (χ0v) is 13.4. The molecule has 20 heavy (non-hydrogen) atoms. The van der Waals surface area contributed by atoms with Crippen molar-refractivity contribution in [1.29, 1.82) is 0 Å². The SMILES string of the molecule is COc1cc(CBr)c([N+](=O)[O-])cc1OCCS(C)(=O)=O. The summed E-state index contributed by atoms with van der Waals surface area (Å²) in [6, 6.07) is 2.72. The molecule has 112 valence electrons. The van der Waals surface area contributed by atoms with E-state index in [1.165, 1.54) is 19.2 Å². The molecule has 1 rings (SSSR count). The first kappa shape index (κ1) is 16.7. The van der Waals surface area contributed by atoms with Gasteiger partial charge < -0.3 is 9.47 Å². The van der Waals surface area contributed by atoms with Gasteiger partial charge in [-0.25, -0.2) is 8.42 Å². The van der Waals surface area contributed by atoms with Gasteiger partial charge in [0.25, 0.3) is 5.69 Å². The van der Waals surface area contributed by atoms with Crippen molar-refractivity contribution < 1.29 is 22.8 Å². The van der Waals surface area contributed by atoms with E-state index in [4.69, 9.17) is 9.47 Å². The number of halogens is 1. The van der Waals surface area contributed by atoms with Crippen LogP contribution in [0.15, 0.2) is 12.1 Å². The van der Waals surface area contributed by atoms with Crippen molar-refractivity contribution in [2.75, 3.05) is 25.7 Å². The smallest absolute Gasteiger partial charge is 0.277 e. The quantitative estimate of drug-likeness (QED) is 0.415. The summed E-state index contributed by atoms with van der Waals surface area (Å²) < 4.78 is 32.4. The fourth-order valence-electron chi connectivity index (χ4n) is 1.44. The van der Waals surface area contributed by atoms with Crippen molar-refractivity contribution >= 4 is 31.5 Å². The van der Waals surface area contributed by atoms with Gasteiger partial charge in [0.1, 0.15) is 6.61 Å². The van der Waals surface area contributed by atoms with Crippen LogP contribution >= 0.6 is 15.9 Å². The number of hydrogen-bond donors (Lipinski definition) is 0. The molecule has 0 aliphatic rings. The summed E-state index contributed by atoms with van der Waals surface area (Å²) in [4.78, 5) is 10.4. The van der Waals surface area contributed by atoms with E-state index in [1.54, 1.807) is 0 Å². The zero-order valence-electron chi connectivity index (χ0n) is 11.0. The summed E-state index contributed by atoms with van der Waals surface area (Å²) in [5, 5.41) is 11.3. The van der Waals surface area contributed by atoms with E-state index in [0.717, 1.165) is 6.26 Å². The molecule has 0 atom stereocenters. The minimum absolute atomic E-state index is 0.0972. The van der Waals surface area contributed by atoms with Crippen LogP contribution in [0.2, 0.25) is 0 Å². The van der Waals surface area contributed by atoms with Crippen LogP contribution < -0.4 is 9.47 Å². The lowest BCUT2D eigenvalue weighted by Gasteiger charge is -2.11. The first-order chi connectivity index (χ1) is 9.28. The highest BCUT2D eigenvalue weighted by Crippen LogP contribution is 2.35. The van der Waals surface area contributed by atoms with E-state index >= 15 is 0 Å². The lowest BCUT2D eigenvalue weighted by atomic mass is 10.2. The zero-order chi connectivity index (χ0) is 15.3. The molecule has 7 nitrogen and oxygen atoms in total. The lowest BCUT2D eigenvalue weighted by Crippen LogP contribution is -2.12. The topological polar surface area (TPSA) is 95.7 Å². The molecule has 0 spiro atoms. The monoisotopic (exact) mass is 367 g/mol. The molecule has 0 amide bonds. The highest BCUT2D eigenvalue weighted by molar-refractivity contribution is 9.08. The van der Waals surface area contributed by atoms with Gasteiger partial charge in [-0.1, -0.05) is 15.9 Å². The molecule has 9 heteroatoms. The van der Waals surface area contributed by atoms with Gasteiger partial charge in [-0.15, -0.1) is 0 Å². The highest BCUT2D eigenvalue weighted by atomic mass is 79.9. The predicted molar refractivity (Wildman–Crippen MR) is 77.5 cm³/mol. The fourth-order valence-corrected chi connectivity index (χ4v) is 2.28. The third-order valence-electron chi connectivity index (χ3n) is 2.42. The van der Waals surface area contributed by atoms with Gasteiger partial charge >= 0.3 is 0 Å². The molecule has 0 aromatic heterocycles. The number of nitro benzene ring substituents is 1. The number of rotatable bonds is 7.